The van der Waals surface area contributed by atoms with Crippen molar-refractivity contribution >= 4 is 6.29 Å². The molecule has 0 saturated carbocycles. The summed E-state index contributed by atoms with van der Waals surface area (Å²) in [5.74, 6) is 1.50. The number of carbonyl (C=O) groups excluding carboxylic acids is 1. The molecule has 0 N–H and O–H groups in total. The Morgan fingerprint density at radius 1 is 0.815 bits per heavy atom. The zero-order valence-electron chi connectivity index (χ0n) is 15.5. The van der Waals surface area contributed by atoms with E-state index in [1.165, 1.54) is 0 Å². The van der Waals surface area contributed by atoms with Crippen molar-refractivity contribution in [3.05, 3.63) is 89.0 Å². The van der Waals surface area contributed by atoms with E-state index in [0.29, 0.717) is 36.0 Å². The summed E-state index contributed by atoms with van der Waals surface area (Å²) in [4.78, 5) is 11.5. The van der Waals surface area contributed by atoms with E-state index in [4.69, 9.17) is 14.2 Å². The maximum Gasteiger partial charge on any atom is 0.204 e. The lowest BCUT2D eigenvalue weighted by Gasteiger charge is -2.19. The Bertz CT molecular complexity index is 889. The quantitative estimate of drug-likeness (QED) is 0.531. The van der Waals surface area contributed by atoms with Crippen LogP contribution < -0.4 is 14.2 Å². The van der Waals surface area contributed by atoms with Crippen LogP contribution in [0.5, 0.6) is 17.2 Å². The highest BCUT2D eigenvalue weighted by Crippen LogP contribution is 2.42. The van der Waals surface area contributed by atoms with E-state index in [-0.39, 0.29) is 0 Å². The van der Waals surface area contributed by atoms with E-state index < -0.39 is 0 Å². The standard InChI is InChI=1S/C23H22O4/c1-17-20(14-24)13-21(26-15-18-9-5-3-6-10-18)23(22(17)25-2)27-16-19-11-7-4-8-12-19/h3-14H,15-16H2,1-2H3. The van der Waals surface area contributed by atoms with Gasteiger partial charge in [0.2, 0.25) is 5.75 Å². The minimum absolute atomic E-state index is 0.368. The second kappa shape index (κ2) is 8.90. The lowest BCUT2D eigenvalue weighted by Crippen LogP contribution is -2.05. The van der Waals surface area contributed by atoms with E-state index in [2.05, 4.69) is 0 Å². The molecule has 138 valence electrons. The number of hydrogen-bond acceptors (Lipinski definition) is 4. The molecule has 0 aromatic heterocycles. The van der Waals surface area contributed by atoms with E-state index in [1.807, 2.05) is 67.6 Å². The molecule has 0 aliphatic heterocycles. The molecule has 3 rings (SSSR count). The number of methoxy groups -OCH3 is 1. The van der Waals surface area contributed by atoms with Gasteiger partial charge in [-0.15, -0.1) is 0 Å². The van der Waals surface area contributed by atoms with Gasteiger partial charge in [0.05, 0.1) is 7.11 Å². The number of carbonyl (C=O) groups is 1. The molecule has 0 bridgehead atoms. The van der Waals surface area contributed by atoms with Crippen LogP contribution in [0.4, 0.5) is 0 Å². The molecule has 0 fully saturated rings. The molecule has 0 aliphatic carbocycles. The number of hydrogen-bond donors (Lipinski definition) is 0. The summed E-state index contributed by atoms with van der Waals surface area (Å²) >= 11 is 0. The monoisotopic (exact) mass is 362 g/mol. The van der Waals surface area contributed by atoms with Crippen LogP contribution in [-0.2, 0) is 13.2 Å². The van der Waals surface area contributed by atoms with Crippen molar-refractivity contribution in [1.82, 2.24) is 0 Å². The summed E-state index contributed by atoms with van der Waals surface area (Å²) in [7, 11) is 1.56. The average molecular weight is 362 g/mol. The molecular weight excluding hydrogens is 340 g/mol. The Morgan fingerprint density at radius 3 is 1.89 bits per heavy atom. The van der Waals surface area contributed by atoms with Crippen molar-refractivity contribution in [2.45, 2.75) is 20.1 Å². The molecular formula is C23H22O4. The smallest absolute Gasteiger partial charge is 0.204 e. The van der Waals surface area contributed by atoms with Crippen molar-refractivity contribution in [3.8, 4) is 17.2 Å². The Morgan fingerprint density at radius 2 is 1.37 bits per heavy atom. The predicted octanol–water partition coefficient (Wildman–Crippen LogP) is 4.97. The number of benzene rings is 3. The first-order chi connectivity index (χ1) is 13.2. The van der Waals surface area contributed by atoms with Crippen molar-refractivity contribution < 1.29 is 19.0 Å². The van der Waals surface area contributed by atoms with E-state index in [9.17, 15) is 4.79 Å². The van der Waals surface area contributed by atoms with Crippen molar-refractivity contribution in [2.24, 2.45) is 0 Å². The van der Waals surface area contributed by atoms with Crippen LogP contribution in [0, 0.1) is 6.92 Å². The first-order valence-electron chi connectivity index (χ1n) is 8.73. The Labute approximate surface area is 159 Å². The molecule has 4 nitrogen and oxygen atoms in total. The minimum Gasteiger partial charge on any atom is -0.492 e. The summed E-state index contributed by atoms with van der Waals surface area (Å²) in [5.41, 5.74) is 3.30. The third-order valence-corrected chi connectivity index (χ3v) is 4.28. The first kappa shape index (κ1) is 18.5. The SMILES string of the molecule is COc1c(C)c(C=O)cc(OCc2ccccc2)c1OCc1ccccc1. The minimum atomic E-state index is 0.368. The molecule has 0 saturated heterocycles. The highest BCUT2D eigenvalue weighted by molar-refractivity contribution is 5.81. The molecule has 0 amide bonds. The largest absolute Gasteiger partial charge is 0.492 e. The second-order valence-corrected chi connectivity index (χ2v) is 6.12. The van der Waals surface area contributed by atoms with Crippen LogP contribution in [0.25, 0.3) is 0 Å². The molecule has 4 heteroatoms. The zero-order valence-corrected chi connectivity index (χ0v) is 15.5. The zero-order chi connectivity index (χ0) is 19.1. The molecule has 0 aliphatic rings. The normalized spacial score (nSPS) is 10.3. The van der Waals surface area contributed by atoms with E-state index >= 15 is 0 Å². The van der Waals surface area contributed by atoms with Crippen LogP contribution in [0.2, 0.25) is 0 Å². The van der Waals surface area contributed by atoms with Crippen LogP contribution >= 0.6 is 0 Å². The van der Waals surface area contributed by atoms with Gasteiger partial charge in [0, 0.05) is 11.1 Å². The van der Waals surface area contributed by atoms with Gasteiger partial charge in [-0.3, -0.25) is 4.79 Å². The van der Waals surface area contributed by atoms with Crippen LogP contribution in [-0.4, -0.2) is 13.4 Å². The van der Waals surface area contributed by atoms with Crippen molar-refractivity contribution in [2.75, 3.05) is 7.11 Å². The second-order valence-electron chi connectivity index (χ2n) is 6.12. The van der Waals surface area contributed by atoms with E-state index in [0.717, 1.165) is 23.0 Å². The molecule has 0 unspecified atom stereocenters. The maximum atomic E-state index is 11.5. The highest BCUT2D eigenvalue weighted by Gasteiger charge is 2.19. The van der Waals surface area contributed by atoms with E-state index in [1.54, 1.807) is 13.2 Å². The van der Waals surface area contributed by atoms with Gasteiger partial charge >= 0.3 is 0 Å². The molecule has 0 heterocycles. The summed E-state index contributed by atoms with van der Waals surface area (Å²) < 4.78 is 17.6. The Hall–Kier alpha value is -3.27. The fourth-order valence-corrected chi connectivity index (χ4v) is 2.81. The van der Waals surface area contributed by atoms with Gasteiger partial charge in [0.25, 0.3) is 0 Å². The third-order valence-electron chi connectivity index (χ3n) is 4.28. The maximum absolute atomic E-state index is 11.5. The Balaban J connectivity index is 1.91. The number of aldehydes is 1. The fraction of sp³-hybridized carbons (Fsp3) is 0.174. The molecule has 3 aromatic carbocycles. The third kappa shape index (κ3) is 4.47. The molecule has 0 radical (unpaired) electrons. The summed E-state index contributed by atoms with van der Waals surface area (Å²) in [6.07, 6.45) is 0.800. The first-order valence-corrected chi connectivity index (χ1v) is 8.73. The summed E-state index contributed by atoms with van der Waals surface area (Å²) in [5, 5.41) is 0. The summed E-state index contributed by atoms with van der Waals surface area (Å²) in [6.45, 7) is 2.57. The number of rotatable bonds is 8. The molecule has 3 aromatic rings. The highest BCUT2D eigenvalue weighted by atomic mass is 16.5. The molecule has 0 atom stereocenters. The lowest BCUT2D eigenvalue weighted by atomic mass is 10.1. The lowest BCUT2D eigenvalue weighted by molar-refractivity contribution is 0.112. The fourth-order valence-electron chi connectivity index (χ4n) is 2.81. The number of ether oxygens (including phenoxy) is 3. The van der Waals surface area contributed by atoms with Crippen LogP contribution in [0.3, 0.4) is 0 Å². The van der Waals surface area contributed by atoms with Crippen molar-refractivity contribution in [1.29, 1.82) is 0 Å². The topological polar surface area (TPSA) is 44.8 Å². The van der Waals surface area contributed by atoms with Gasteiger partial charge in [-0.05, 0) is 24.1 Å². The average Bonchev–Trinajstić information content (AvgIpc) is 2.72. The van der Waals surface area contributed by atoms with Gasteiger partial charge in [-0.25, -0.2) is 0 Å². The summed E-state index contributed by atoms with van der Waals surface area (Å²) in [6, 6.07) is 21.4. The molecule has 27 heavy (non-hydrogen) atoms. The van der Waals surface area contributed by atoms with Crippen LogP contribution in [0.15, 0.2) is 66.7 Å². The molecule has 0 spiro atoms. The van der Waals surface area contributed by atoms with Crippen LogP contribution in [0.1, 0.15) is 27.0 Å². The van der Waals surface area contributed by atoms with Gasteiger partial charge in [0.15, 0.2) is 17.8 Å². The van der Waals surface area contributed by atoms with Gasteiger partial charge in [-0.1, -0.05) is 60.7 Å². The van der Waals surface area contributed by atoms with Crippen molar-refractivity contribution in [3.63, 3.8) is 0 Å². The predicted molar refractivity (Wildman–Crippen MR) is 105 cm³/mol. The van der Waals surface area contributed by atoms with Gasteiger partial charge in [-0.2, -0.15) is 0 Å². The van der Waals surface area contributed by atoms with Gasteiger partial charge < -0.3 is 14.2 Å². The Kier molecular flexibility index (Phi) is 6.10. The van der Waals surface area contributed by atoms with Gasteiger partial charge in [0.1, 0.15) is 13.2 Å².